The number of hydrogen-bond acceptors (Lipinski definition) is 14. The summed E-state index contributed by atoms with van der Waals surface area (Å²) < 4.78 is 21.9. The highest BCUT2D eigenvalue weighted by atomic mass is 32.1. The normalized spacial score (nSPS) is 21.7. The number of morpholine rings is 1. The molecule has 5 aromatic rings. The average molecular weight is 697 g/mol. The van der Waals surface area contributed by atoms with Crippen LogP contribution in [0.5, 0.6) is 11.6 Å². The van der Waals surface area contributed by atoms with Gasteiger partial charge in [0, 0.05) is 48.7 Å². The van der Waals surface area contributed by atoms with Crippen molar-refractivity contribution in [1.82, 2.24) is 49.8 Å². The molecule has 2 aliphatic rings. The Morgan fingerprint density at radius 1 is 1.06 bits per heavy atom. The first-order valence-electron chi connectivity index (χ1n) is 16.9. The number of nitrogens with zero attached hydrogens (tertiary/aromatic N) is 11. The van der Waals surface area contributed by atoms with E-state index >= 15 is 0 Å². The van der Waals surface area contributed by atoms with Crippen molar-refractivity contribution in [3.8, 4) is 28.8 Å². The summed E-state index contributed by atoms with van der Waals surface area (Å²) >= 11 is 1.54. The van der Waals surface area contributed by atoms with Gasteiger partial charge < -0.3 is 19.5 Å². The first-order chi connectivity index (χ1) is 24.4. The van der Waals surface area contributed by atoms with Gasteiger partial charge >= 0.3 is 0 Å². The number of nitriles is 1. The molecule has 1 saturated carbocycles. The Balaban J connectivity index is 1.04. The molecule has 0 amide bonds. The van der Waals surface area contributed by atoms with E-state index in [-0.39, 0.29) is 24.4 Å². The highest BCUT2D eigenvalue weighted by Gasteiger charge is 2.32. The van der Waals surface area contributed by atoms with Crippen molar-refractivity contribution >= 4 is 23.0 Å². The molecule has 5 heterocycles. The zero-order chi connectivity index (χ0) is 34.5. The van der Waals surface area contributed by atoms with Gasteiger partial charge in [0.15, 0.2) is 0 Å². The lowest BCUT2D eigenvalue weighted by Gasteiger charge is -2.42. The van der Waals surface area contributed by atoms with Crippen LogP contribution in [0.3, 0.4) is 0 Å². The third-order valence-electron chi connectivity index (χ3n) is 9.02. The van der Waals surface area contributed by atoms with Crippen LogP contribution in [-0.2, 0) is 17.9 Å². The Kier molecular flexibility index (Phi) is 10.2. The van der Waals surface area contributed by atoms with Crippen LogP contribution >= 0.6 is 11.3 Å². The Labute approximate surface area is 294 Å². The third kappa shape index (κ3) is 8.07. The summed E-state index contributed by atoms with van der Waals surface area (Å²) in [6.07, 6.45) is 13.3. The van der Waals surface area contributed by atoms with Gasteiger partial charge in [0.25, 0.3) is 5.88 Å². The Bertz CT molecular complexity index is 1860. The molecule has 1 aromatic carbocycles. The molecule has 0 radical (unpaired) electrons. The predicted octanol–water partition coefficient (Wildman–Crippen LogP) is 5.04. The summed E-state index contributed by atoms with van der Waals surface area (Å²) in [7, 11) is 0. The van der Waals surface area contributed by atoms with Gasteiger partial charge in [-0.05, 0) is 74.6 Å². The molecule has 2 fully saturated rings. The maximum Gasteiger partial charge on any atom is 0.257 e. The van der Waals surface area contributed by atoms with Crippen LogP contribution < -0.4 is 14.8 Å². The van der Waals surface area contributed by atoms with Crippen LogP contribution in [0.25, 0.3) is 11.1 Å². The zero-order valence-corrected chi connectivity index (χ0v) is 29.1. The van der Waals surface area contributed by atoms with Gasteiger partial charge in [0.1, 0.15) is 41.6 Å². The highest BCUT2D eigenvalue weighted by molar-refractivity contribution is 7.09. The highest BCUT2D eigenvalue weighted by Crippen LogP contribution is 2.36. The number of nitrogens with one attached hydrogen (secondary N) is 1. The fraction of sp³-hybridized carbons (Fsp3) is 0.471. The number of aromatic nitrogens is 9. The molecule has 0 unspecified atom stereocenters. The smallest absolute Gasteiger partial charge is 0.257 e. The quantitative estimate of drug-likeness (QED) is 0.185. The van der Waals surface area contributed by atoms with Crippen LogP contribution in [0.15, 0.2) is 54.7 Å². The summed E-state index contributed by atoms with van der Waals surface area (Å²) in [5, 5.41) is 31.9. The van der Waals surface area contributed by atoms with Crippen molar-refractivity contribution in [1.29, 1.82) is 5.26 Å². The van der Waals surface area contributed by atoms with Crippen molar-refractivity contribution in [2.45, 2.75) is 90.0 Å². The van der Waals surface area contributed by atoms with Crippen molar-refractivity contribution in [2.75, 3.05) is 18.4 Å². The molecule has 4 aromatic heterocycles. The second-order valence-electron chi connectivity index (χ2n) is 12.9. The molecule has 1 N–H and O–H groups in total. The van der Waals surface area contributed by atoms with Crippen molar-refractivity contribution < 1.29 is 14.2 Å². The zero-order valence-electron chi connectivity index (χ0n) is 28.3. The summed E-state index contributed by atoms with van der Waals surface area (Å²) in [4.78, 5) is 16.2. The monoisotopic (exact) mass is 696 g/mol. The van der Waals surface area contributed by atoms with Gasteiger partial charge in [-0.1, -0.05) is 6.07 Å². The summed E-state index contributed by atoms with van der Waals surface area (Å²) in [5.41, 5.74) is 2.71. The van der Waals surface area contributed by atoms with E-state index in [1.54, 1.807) is 40.7 Å². The fourth-order valence-electron chi connectivity index (χ4n) is 6.75. The molecular weight excluding hydrogens is 657 g/mol. The van der Waals surface area contributed by atoms with E-state index in [0.717, 1.165) is 54.9 Å². The van der Waals surface area contributed by atoms with E-state index < -0.39 is 0 Å². The van der Waals surface area contributed by atoms with Crippen molar-refractivity contribution in [3.63, 3.8) is 0 Å². The van der Waals surface area contributed by atoms with E-state index in [1.807, 2.05) is 35.3 Å². The molecule has 15 nitrogen and oxygen atoms in total. The molecule has 7 rings (SSSR count). The van der Waals surface area contributed by atoms with Crippen LogP contribution in [0.2, 0.25) is 0 Å². The van der Waals surface area contributed by atoms with E-state index in [2.05, 4.69) is 60.6 Å². The topological polar surface area (TPSA) is 167 Å². The largest absolute Gasteiger partial charge is 0.487 e. The van der Waals surface area contributed by atoms with E-state index in [4.69, 9.17) is 19.3 Å². The molecule has 0 bridgehead atoms. The van der Waals surface area contributed by atoms with Gasteiger partial charge in [-0.3, -0.25) is 9.58 Å². The maximum absolute atomic E-state index is 9.68. The minimum absolute atomic E-state index is 0.268. The van der Waals surface area contributed by atoms with Gasteiger partial charge in [0.05, 0.1) is 36.6 Å². The molecule has 16 heteroatoms. The maximum atomic E-state index is 9.68. The molecule has 1 aliphatic carbocycles. The number of anilines is 2. The number of rotatable bonds is 12. The van der Waals surface area contributed by atoms with Gasteiger partial charge in [0.2, 0.25) is 5.95 Å². The van der Waals surface area contributed by atoms with E-state index in [0.29, 0.717) is 48.0 Å². The molecule has 1 saturated heterocycles. The second kappa shape index (κ2) is 15.3. The number of ether oxygens (including phenoxy) is 3. The molecule has 50 heavy (non-hydrogen) atoms. The number of hydrogen-bond donors (Lipinski definition) is 1. The van der Waals surface area contributed by atoms with Gasteiger partial charge in [-0.25, -0.2) is 19.6 Å². The Hall–Kier alpha value is -4.98. The Morgan fingerprint density at radius 3 is 2.54 bits per heavy atom. The Morgan fingerprint density at radius 2 is 1.84 bits per heavy atom. The van der Waals surface area contributed by atoms with Crippen LogP contribution in [0.4, 0.5) is 11.6 Å². The standard InChI is InChI=1S/C34H40N12O3S/c1-22-16-44(17-23(2)48-22)28-6-8-29(9-7-28)46-19-30(33(41-46)47-20-32-36-10-11-50-32)40-34-37-14-27(15-38-34)25-4-5-26(13-35)31(12-25)49-24(3)18-45-21-39-42-43-45/h4-5,10-12,14-15,19,21-24,28-29H,6-9,16-18,20H2,1-3H3,(H,37,38,40)/t22-,23+,24-,28?,29?/m0/s1. The number of benzene rings is 1. The average Bonchev–Trinajstić information content (AvgIpc) is 3.91. The first kappa shape index (κ1) is 33.5. The van der Waals surface area contributed by atoms with Crippen molar-refractivity contribution in [3.05, 3.63) is 65.3 Å². The second-order valence-corrected chi connectivity index (χ2v) is 13.9. The lowest BCUT2D eigenvalue weighted by Crippen LogP contribution is -2.51. The molecule has 3 atom stereocenters. The van der Waals surface area contributed by atoms with Gasteiger partial charge in [-0.15, -0.1) is 21.5 Å². The van der Waals surface area contributed by atoms with Gasteiger partial charge in [-0.2, -0.15) is 5.26 Å². The predicted molar refractivity (Wildman–Crippen MR) is 185 cm³/mol. The van der Waals surface area contributed by atoms with E-state index in [1.165, 1.54) is 6.33 Å². The summed E-state index contributed by atoms with van der Waals surface area (Å²) in [6, 6.07) is 8.45. The molecule has 260 valence electrons. The SMILES string of the molecule is C[C@@H]1CN(C2CCC(n3cc(Nc4ncc(-c5ccc(C#N)c(O[C@@H](C)Cn6cnnn6)c5)cn4)c(OCc4nccs4)n3)CC2)C[C@H](C)O1. The third-order valence-corrected chi connectivity index (χ3v) is 9.77. The van der Waals surface area contributed by atoms with Crippen molar-refractivity contribution in [2.24, 2.45) is 0 Å². The minimum atomic E-state index is -0.274. The van der Waals surface area contributed by atoms with E-state index in [9.17, 15) is 5.26 Å². The first-order valence-corrected chi connectivity index (χ1v) is 17.8. The fourth-order valence-corrected chi connectivity index (χ4v) is 7.28. The lowest BCUT2D eigenvalue weighted by atomic mass is 9.89. The number of tetrazole rings is 1. The van der Waals surface area contributed by atoms with Crippen LogP contribution in [0, 0.1) is 11.3 Å². The van der Waals surface area contributed by atoms with Crippen LogP contribution in [0.1, 0.15) is 63.1 Å². The molecule has 0 spiro atoms. The summed E-state index contributed by atoms with van der Waals surface area (Å²) in [5.74, 6) is 1.35. The molecule has 1 aliphatic heterocycles. The lowest BCUT2D eigenvalue weighted by molar-refractivity contribution is -0.0852. The summed E-state index contributed by atoms with van der Waals surface area (Å²) in [6.45, 7) is 8.97. The minimum Gasteiger partial charge on any atom is -0.487 e. The molecular formula is C34H40N12O3S. The van der Waals surface area contributed by atoms with Crippen LogP contribution in [-0.4, -0.2) is 87.3 Å². The number of thiazole rings is 1.